The second-order valence-corrected chi connectivity index (χ2v) is 3.76. The molecule has 0 radical (unpaired) electrons. The number of fused-ring (bicyclic) bond motifs is 1. The molecule has 1 unspecified atom stereocenters. The highest BCUT2D eigenvalue weighted by molar-refractivity contribution is 5.65. The summed E-state index contributed by atoms with van der Waals surface area (Å²) in [5, 5.41) is 3.17. The van der Waals surface area contributed by atoms with Crippen molar-refractivity contribution in [3.05, 3.63) is 23.8 Å². The van der Waals surface area contributed by atoms with Crippen LogP contribution in [0.4, 0.5) is 10.1 Å². The second kappa shape index (κ2) is 3.15. The van der Waals surface area contributed by atoms with E-state index in [9.17, 15) is 4.39 Å². The Morgan fingerprint density at radius 3 is 3.00 bits per heavy atom. The van der Waals surface area contributed by atoms with E-state index < -0.39 is 5.67 Å². The van der Waals surface area contributed by atoms with Crippen molar-refractivity contribution in [2.75, 3.05) is 19.0 Å². The molecule has 2 nitrogen and oxygen atoms in total. The van der Waals surface area contributed by atoms with Gasteiger partial charge in [0.15, 0.2) is 0 Å². The van der Waals surface area contributed by atoms with E-state index in [0.717, 1.165) is 5.69 Å². The predicted octanol–water partition coefficient (Wildman–Crippen LogP) is 2.70. The van der Waals surface area contributed by atoms with Crippen LogP contribution in [0.2, 0.25) is 0 Å². The molecule has 76 valence electrons. The summed E-state index contributed by atoms with van der Waals surface area (Å²) in [6, 6.07) is 5.47. The maximum Gasteiger partial charge on any atom is 0.142 e. The highest BCUT2D eigenvalue weighted by Crippen LogP contribution is 2.42. The molecule has 1 aliphatic heterocycles. The van der Waals surface area contributed by atoms with E-state index in [1.807, 2.05) is 18.2 Å². The van der Waals surface area contributed by atoms with Crippen molar-refractivity contribution < 1.29 is 9.13 Å². The van der Waals surface area contributed by atoms with Crippen LogP contribution in [-0.4, -0.2) is 13.7 Å². The first-order valence-electron chi connectivity index (χ1n) is 4.75. The van der Waals surface area contributed by atoms with Crippen molar-refractivity contribution in [1.29, 1.82) is 0 Å². The molecule has 1 aliphatic rings. The lowest BCUT2D eigenvalue weighted by Gasteiger charge is -2.30. The molecular weight excluding hydrogens is 181 g/mol. The first kappa shape index (κ1) is 9.31. The summed E-state index contributed by atoms with van der Waals surface area (Å²) in [6.07, 6.45) is 0.507. The van der Waals surface area contributed by atoms with Crippen LogP contribution >= 0.6 is 0 Å². The molecule has 0 aromatic heterocycles. The van der Waals surface area contributed by atoms with Gasteiger partial charge in [-0.25, -0.2) is 4.39 Å². The molecule has 1 aromatic rings. The van der Waals surface area contributed by atoms with Gasteiger partial charge in [0.2, 0.25) is 0 Å². The van der Waals surface area contributed by atoms with Gasteiger partial charge in [-0.3, -0.25) is 0 Å². The fourth-order valence-corrected chi connectivity index (χ4v) is 1.87. The van der Waals surface area contributed by atoms with Crippen LogP contribution in [0, 0.1) is 0 Å². The van der Waals surface area contributed by atoms with Crippen LogP contribution in [0.3, 0.4) is 0 Å². The van der Waals surface area contributed by atoms with E-state index >= 15 is 0 Å². The summed E-state index contributed by atoms with van der Waals surface area (Å²) in [5.41, 5.74) is 0.254. The SMILES string of the molecule is COc1cccc2c1NCCC2(C)F. The molecule has 0 saturated carbocycles. The number of alkyl halides is 1. The first-order valence-corrected chi connectivity index (χ1v) is 4.75. The molecule has 0 bridgehead atoms. The van der Waals surface area contributed by atoms with Crippen molar-refractivity contribution in [3.8, 4) is 5.75 Å². The number of hydrogen-bond acceptors (Lipinski definition) is 2. The first-order chi connectivity index (χ1) is 6.65. The Morgan fingerprint density at radius 1 is 1.50 bits per heavy atom. The molecule has 0 saturated heterocycles. The van der Waals surface area contributed by atoms with Crippen LogP contribution in [0.15, 0.2) is 18.2 Å². The molecule has 0 amide bonds. The van der Waals surface area contributed by atoms with Crippen LogP contribution in [0.25, 0.3) is 0 Å². The monoisotopic (exact) mass is 195 g/mol. The third kappa shape index (κ3) is 1.33. The summed E-state index contributed by atoms with van der Waals surface area (Å²) in [4.78, 5) is 0. The zero-order valence-electron chi connectivity index (χ0n) is 8.43. The average Bonchev–Trinajstić information content (AvgIpc) is 2.17. The van der Waals surface area contributed by atoms with E-state index in [0.29, 0.717) is 24.3 Å². The zero-order valence-corrected chi connectivity index (χ0v) is 8.43. The van der Waals surface area contributed by atoms with Crippen LogP contribution in [0.5, 0.6) is 5.75 Å². The fourth-order valence-electron chi connectivity index (χ4n) is 1.87. The normalized spacial score (nSPS) is 25.1. The molecule has 1 aromatic carbocycles. The Hall–Kier alpha value is -1.25. The lowest BCUT2D eigenvalue weighted by atomic mass is 9.89. The van der Waals surface area contributed by atoms with Crippen molar-refractivity contribution in [3.63, 3.8) is 0 Å². The third-order valence-corrected chi connectivity index (χ3v) is 2.70. The smallest absolute Gasteiger partial charge is 0.142 e. The third-order valence-electron chi connectivity index (χ3n) is 2.70. The van der Waals surface area contributed by atoms with Crippen LogP contribution in [-0.2, 0) is 5.67 Å². The molecular formula is C11H14FNO. The Labute approximate surface area is 83.1 Å². The molecule has 1 heterocycles. The van der Waals surface area contributed by atoms with E-state index in [4.69, 9.17) is 4.74 Å². The average molecular weight is 195 g/mol. The topological polar surface area (TPSA) is 21.3 Å². The predicted molar refractivity (Wildman–Crippen MR) is 54.6 cm³/mol. The molecule has 2 rings (SSSR count). The number of halogens is 1. The minimum absolute atomic E-state index is 0.507. The summed E-state index contributed by atoms with van der Waals surface area (Å²) in [7, 11) is 1.60. The molecule has 3 heteroatoms. The Balaban J connectivity index is 2.55. The number of ether oxygens (including phenoxy) is 1. The number of methoxy groups -OCH3 is 1. The van der Waals surface area contributed by atoms with Gasteiger partial charge in [-0.05, 0) is 13.0 Å². The van der Waals surface area contributed by atoms with Gasteiger partial charge < -0.3 is 10.1 Å². The van der Waals surface area contributed by atoms with E-state index in [1.165, 1.54) is 0 Å². The fraction of sp³-hybridized carbons (Fsp3) is 0.455. The Morgan fingerprint density at radius 2 is 2.29 bits per heavy atom. The van der Waals surface area contributed by atoms with Gasteiger partial charge in [0.1, 0.15) is 11.4 Å². The van der Waals surface area contributed by atoms with Crippen LogP contribution in [0.1, 0.15) is 18.9 Å². The number of para-hydroxylation sites is 1. The maximum atomic E-state index is 14.1. The Kier molecular flexibility index (Phi) is 2.10. The van der Waals surface area contributed by atoms with Gasteiger partial charge in [0.25, 0.3) is 0 Å². The largest absolute Gasteiger partial charge is 0.495 e. The van der Waals surface area contributed by atoms with E-state index in [-0.39, 0.29) is 0 Å². The number of nitrogens with one attached hydrogen (secondary N) is 1. The number of benzene rings is 1. The molecule has 1 N–H and O–H groups in total. The maximum absolute atomic E-state index is 14.1. The van der Waals surface area contributed by atoms with E-state index in [1.54, 1.807) is 14.0 Å². The second-order valence-electron chi connectivity index (χ2n) is 3.76. The lowest BCUT2D eigenvalue weighted by molar-refractivity contribution is 0.177. The minimum Gasteiger partial charge on any atom is -0.495 e. The van der Waals surface area contributed by atoms with Gasteiger partial charge in [0, 0.05) is 18.5 Å². The summed E-state index contributed by atoms with van der Waals surface area (Å²) >= 11 is 0. The number of hydrogen-bond donors (Lipinski definition) is 1. The summed E-state index contributed by atoms with van der Waals surface area (Å²) in [6.45, 7) is 2.27. The van der Waals surface area contributed by atoms with E-state index in [2.05, 4.69) is 5.32 Å². The lowest BCUT2D eigenvalue weighted by Crippen LogP contribution is -2.27. The van der Waals surface area contributed by atoms with Gasteiger partial charge in [0.05, 0.1) is 12.8 Å². The number of anilines is 1. The van der Waals surface area contributed by atoms with Gasteiger partial charge in [-0.15, -0.1) is 0 Å². The molecule has 0 spiro atoms. The van der Waals surface area contributed by atoms with Gasteiger partial charge in [-0.2, -0.15) is 0 Å². The van der Waals surface area contributed by atoms with Crippen molar-refractivity contribution >= 4 is 5.69 Å². The van der Waals surface area contributed by atoms with Gasteiger partial charge >= 0.3 is 0 Å². The molecule has 0 aliphatic carbocycles. The van der Waals surface area contributed by atoms with Crippen molar-refractivity contribution in [2.45, 2.75) is 19.0 Å². The summed E-state index contributed by atoms with van der Waals surface area (Å²) < 4.78 is 19.3. The standard InChI is InChI=1S/C11H14FNO/c1-11(12)6-7-13-10-8(11)4-3-5-9(10)14-2/h3-5,13H,6-7H2,1-2H3. The molecule has 14 heavy (non-hydrogen) atoms. The summed E-state index contributed by atoms with van der Waals surface area (Å²) in [5.74, 6) is 0.714. The van der Waals surface area contributed by atoms with Crippen molar-refractivity contribution in [2.24, 2.45) is 0 Å². The molecule has 1 atom stereocenters. The minimum atomic E-state index is -1.24. The van der Waals surface area contributed by atoms with Crippen LogP contribution < -0.4 is 10.1 Å². The zero-order chi connectivity index (χ0) is 10.2. The highest BCUT2D eigenvalue weighted by atomic mass is 19.1. The Bertz CT molecular complexity index is 349. The number of rotatable bonds is 1. The quantitative estimate of drug-likeness (QED) is 0.743. The van der Waals surface area contributed by atoms with Gasteiger partial charge in [-0.1, -0.05) is 12.1 Å². The molecule has 0 fully saturated rings. The highest BCUT2D eigenvalue weighted by Gasteiger charge is 2.32. The van der Waals surface area contributed by atoms with Crippen molar-refractivity contribution in [1.82, 2.24) is 0 Å².